The van der Waals surface area contributed by atoms with E-state index in [1.165, 1.54) is 30.0 Å². The van der Waals surface area contributed by atoms with E-state index < -0.39 is 16.7 Å². The second kappa shape index (κ2) is 12.1. The Morgan fingerprint density at radius 3 is 1.92 bits per heavy atom. The normalized spacial score (nSPS) is 11.1. The van der Waals surface area contributed by atoms with Crippen LogP contribution in [0.1, 0.15) is 44.3 Å². The second-order valence-corrected chi connectivity index (χ2v) is 9.60. The summed E-state index contributed by atoms with van der Waals surface area (Å²) in [6.07, 6.45) is 0. The molecule has 0 aromatic heterocycles. The number of nitrogens with zero attached hydrogens (tertiary/aromatic N) is 2. The van der Waals surface area contributed by atoms with Crippen LogP contribution in [0.3, 0.4) is 0 Å². The van der Waals surface area contributed by atoms with Gasteiger partial charge in [0.05, 0.1) is 4.92 Å². The first-order valence-corrected chi connectivity index (χ1v) is 12.6. The van der Waals surface area contributed by atoms with Gasteiger partial charge in [-0.3, -0.25) is 19.7 Å². The fourth-order valence-corrected chi connectivity index (χ4v) is 4.50. The number of rotatable bonds is 9. The molecule has 0 fully saturated rings. The number of hydrogen-bond acceptors (Lipinski definition) is 8. The molecule has 8 nitrogen and oxygen atoms in total. The lowest BCUT2D eigenvalue weighted by Crippen LogP contribution is -2.18. The number of non-ortho nitro benzene ring substituents is 1. The van der Waals surface area contributed by atoms with E-state index in [0.29, 0.717) is 16.7 Å². The summed E-state index contributed by atoms with van der Waals surface area (Å²) in [6.45, 7) is 2.82. The Morgan fingerprint density at radius 2 is 1.36 bits per heavy atom. The van der Waals surface area contributed by atoms with Crippen molar-refractivity contribution in [2.24, 2.45) is 5.16 Å². The molecule has 4 aromatic rings. The van der Waals surface area contributed by atoms with E-state index in [4.69, 9.17) is 4.84 Å². The van der Waals surface area contributed by atoms with Gasteiger partial charge in [0, 0.05) is 51.1 Å². The van der Waals surface area contributed by atoms with Crippen molar-refractivity contribution in [3.05, 3.63) is 135 Å². The van der Waals surface area contributed by atoms with Gasteiger partial charge in [-0.25, -0.2) is 4.79 Å². The molecule has 0 N–H and O–H groups in total. The van der Waals surface area contributed by atoms with Gasteiger partial charge >= 0.3 is 5.97 Å². The molecule has 0 saturated heterocycles. The summed E-state index contributed by atoms with van der Waals surface area (Å²) in [5, 5.41) is 15.0. The number of ketones is 2. The van der Waals surface area contributed by atoms with Crippen LogP contribution in [-0.4, -0.2) is 28.2 Å². The van der Waals surface area contributed by atoms with Gasteiger partial charge in [0.1, 0.15) is 0 Å². The first-order valence-electron chi connectivity index (χ1n) is 11.8. The largest absolute Gasteiger partial charge is 0.332 e. The highest BCUT2D eigenvalue weighted by molar-refractivity contribution is 7.99. The van der Waals surface area contributed by atoms with Crippen molar-refractivity contribution in [3.8, 4) is 0 Å². The summed E-state index contributed by atoms with van der Waals surface area (Å²) in [5.74, 6) is -1.34. The summed E-state index contributed by atoms with van der Waals surface area (Å²) >= 11 is 1.45. The topological polar surface area (TPSA) is 116 Å². The average molecular weight is 539 g/mol. The van der Waals surface area contributed by atoms with Crippen LogP contribution in [0, 0.1) is 17.0 Å². The molecule has 194 valence electrons. The summed E-state index contributed by atoms with van der Waals surface area (Å²) in [5.41, 5.74) is 1.78. The van der Waals surface area contributed by atoms with Crippen LogP contribution in [-0.2, 0) is 9.63 Å². The van der Waals surface area contributed by atoms with Gasteiger partial charge in [-0.2, -0.15) is 0 Å². The predicted octanol–water partition coefficient (Wildman–Crippen LogP) is 6.44. The highest BCUT2D eigenvalue weighted by Gasteiger charge is 2.22. The molecule has 0 unspecified atom stereocenters. The number of nitro benzene ring substituents is 1. The molecule has 0 aliphatic rings. The molecule has 0 aliphatic carbocycles. The summed E-state index contributed by atoms with van der Waals surface area (Å²) in [4.78, 5) is 54.5. The molecule has 9 heteroatoms. The molecule has 0 heterocycles. The molecular weight excluding hydrogens is 516 g/mol. The highest BCUT2D eigenvalue weighted by Crippen LogP contribution is 2.29. The number of nitro groups is 1. The molecule has 4 aromatic carbocycles. The molecule has 0 radical (unpaired) electrons. The van der Waals surface area contributed by atoms with Gasteiger partial charge in [0.25, 0.3) is 5.69 Å². The van der Waals surface area contributed by atoms with Crippen LogP contribution in [0.5, 0.6) is 0 Å². The van der Waals surface area contributed by atoms with E-state index in [1.54, 1.807) is 55.5 Å². The Kier molecular flexibility index (Phi) is 8.43. The van der Waals surface area contributed by atoms with Crippen LogP contribution >= 0.6 is 11.8 Å². The van der Waals surface area contributed by atoms with Gasteiger partial charge in [0.15, 0.2) is 11.5 Å². The number of carbonyl (C=O) groups excluding carboxylic acids is 3. The Hall–Kier alpha value is -4.89. The number of hydrogen-bond donors (Lipinski definition) is 0. The Morgan fingerprint density at radius 1 is 0.795 bits per heavy atom. The van der Waals surface area contributed by atoms with Crippen molar-refractivity contribution in [1.29, 1.82) is 0 Å². The highest BCUT2D eigenvalue weighted by atomic mass is 32.2. The minimum absolute atomic E-state index is 0.0554. The smallest absolute Gasteiger partial charge is 0.318 e. The third-order valence-electron chi connectivity index (χ3n) is 5.67. The molecule has 39 heavy (non-hydrogen) atoms. The van der Waals surface area contributed by atoms with Crippen molar-refractivity contribution in [2.75, 3.05) is 0 Å². The van der Waals surface area contributed by atoms with Gasteiger partial charge in [-0.05, 0) is 61.0 Å². The third kappa shape index (κ3) is 6.71. The van der Waals surface area contributed by atoms with E-state index in [2.05, 4.69) is 5.16 Å². The molecule has 0 amide bonds. The first-order chi connectivity index (χ1) is 18.7. The first kappa shape index (κ1) is 27.2. The van der Waals surface area contributed by atoms with Gasteiger partial charge < -0.3 is 4.84 Å². The number of oxime groups is 1. The van der Waals surface area contributed by atoms with Crippen LogP contribution in [0.15, 0.2) is 112 Å². The fraction of sp³-hybridized carbons (Fsp3) is 0.0667. The zero-order valence-electron chi connectivity index (χ0n) is 21.0. The lowest BCUT2D eigenvalue weighted by Gasteiger charge is -2.09. The maximum absolute atomic E-state index is 13.3. The van der Waals surface area contributed by atoms with Crippen LogP contribution in [0.25, 0.3) is 0 Å². The van der Waals surface area contributed by atoms with E-state index in [0.717, 1.165) is 16.7 Å². The van der Waals surface area contributed by atoms with E-state index in [9.17, 15) is 24.5 Å². The molecule has 0 aliphatic heterocycles. The number of Topliss-reactive ketones (excluding diaryl/α,β-unsaturated/α-hetero) is 1. The van der Waals surface area contributed by atoms with Crippen molar-refractivity contribution in [3.63, 3.8) is 0 Å². The monoisotopic (exact) mass is 538 g/mol. The average Bonchev–Trinajstić information content (AvgIpc) is 2.94. The molecule has 0 atom stereocenters. The van der Waals surface area contributed by atoms with E-state index >= 15 is 0 Å². The molecular formula is C30H22N2O6S. The SMILES string of the molecule is CC(=O)ON=C(C(=O)c1ccc(Sc2ccc(C(=O)c3ccccc3)cc2)cc1)c1cc([N+](=O)[O-])ccc1C. The quantitative estimate of drug-likeness (QED) is 0.0792. The maximum atomic E-state index is 13.3. The van der Waals surface area contributed by atoms with Gasteiger partial charge in [-0.1, -0.05) is 53.3 Å². The third-order valence-corrected chi connectivity index (χ3v) is 6.69. The van der Waals surface area contributed by atoms with Crippen molar-refractivity contribution in [1.82, 2.24) is 0 Å². The molecule has 4 rings (SSSR count). The minimum atomic E-state index is -0.730. The number of aryl methyl sites for hydroxylation is 1. The van der Waals surface area contributed by atoms with E-state index in [-0.39, 0.29) is 28.3 Å². The Balaban J connectivity index is 1.53. The number of benzene rings is 4. The van der Waals surface area contributed by atoms with Crippen molar-refractivity contribution in [2.45, 2.75) is 23.6 Å². The summed E-state index contributed by atoms with van der Waals surface area (Å²) in [7, 11) is 0. The van der Waals surface area contributed by atoms with Crippen molar-refractivity contribution >= 4 is 40.7 Å². The summed E-state index contributed by atoms with van der Waals surface area (Å²) in [6, 6.07) is 27.1. The Labute approximate surface area is 228 Å². The minimum Gasteiger partial charge on any atom is -0.318 e. The van der Waals surface area contributed by atoms with Crippen molar-refractivity contribution < 1.29 is 24.1 Å². The van der Waals surface area contributed by atoms with Crippen LogP contribution in [0.2, 0.25) is 0 Å². The Bertz CT molecular complexity index is 1580. The fourth-order valence-electron chi connectivity index (χ4n) is 3.68. The standard InChI is InChI=1S/C30H22N2O6S/c1-19-8-13-24(32(36)37)18-27(19)28(31-38-20(2)33)30(35)23-11-16-26(17-12-23)39-25-14-9-22(10-15-25)29(34)21-6-4-3-5-7-21/h3-18H,1-2H3. The zero-order chi connectivity index (χ0) is 27.9. The van der Waals surface area contributed by atoms with Gasteiger partial charge in [-0.15, -0.1) is 0 Å². The van der Waals surface area contributed by atoms with Crippen LogP contribution < -0.4 is 0 Å². The summed E-state index contributed by atoms with van der Waals surface area (Å²) < 4.78 is 0. The van der Waals surface area contributed by atoms with Crippen LogP contribution in [0.4, 0.5) is 5.69 Å². The maximum Gasteiger partial charge on any atom is 0.332 e. The predicted molar refractivity (Wildman–Crippen MR) is 147 cm³/mol. The van der Waals surface area contributed by atoms with Gasteiger partial charge in [0.2, 0.25) is 5.78 Å². The molecule has 0 saturated carbocycles. The lowest BCUT2D eigenvalue weighted by molar-refractivity contribution is -0.384. The lowest BCUT2D eigenvalue weighted by atomic mass is 9.97. The molecule has 0 spiro atoms. The molecule has 0 bridgehead atoms. The van der Waals surface area contributed by atoms with E-state index in [1.807, 2.05) is 30.3 Å². The number of carbonyl (C=O) groups is 3. The zero-order valence-corrected chi connectivity index (χ0v) is 21.8. The second-order valence-electron chi connectivity index (χ2n) is 8.45.